The van der Waals surface area contributed by atoms with Crippen LogP contribution in [0.2, 0.25) is 0 Å². The molecule has 1 heterocycles. The van der Waals surface area contributed by atoms with Gasteiger partial charge in [-0.15, -0.1) is 0 Å². The van der Waals surface area contributed by atoms with Crippen LogP contribution in [-0.2, 0) is 0 Å². The molecule has 0 bridgehead atoms. The summed E-state index contributed by atoms with van der Waals surface area (Å²) < 4.78 is 1.21. The van der Waals surface area contributed by atoms with Gasteiger partial charge in [0.1, 0.15) is 0 Å². The summed E-state index contributed by atoms with van der Waals surface area (Å²) in [6.45, 7) is 11.3. The molecule has 0 radical (unpaired) electrons. The van der Waals surface area contributed by atoms with Crippen molar-refractivity contribution in [2.45, 2.75) is 52.6 Å². The zero-order valence-corrected chi connectivity index (χ0v) is 14.7. The normalized spacial score (nSPS) is 24.8. The predicted octanol–water partition coefficient (Wildman–Crippen LogP) is 4.36. The second kappa shape index (κ2) is 6.95. The van der Waals surface area contributed by atoms with Crippen molar-refractivity contribution in [1.29, 1.82) is 0 Å². The van der Waals surface area contributed by atoms with Crippen molar-refractivity contribution in [3.8, 4) is 0 Å². The number of benzene rings is 1. The largest absolute Gasteiger partial charge is 0.365 e. The van der Waals surface area contributed by atoms with E-state index < -0.39 is 0 Å². The minimum absolute atomic E-state index is 0.591. The van der Waals surface area contributed by atoms with Gasteiger partial charge in [0.2, 0.25) is 0 Å². The average Bonchev–Trinajstić information content (AvgIpc) is 2.48. The van der Waals surface area contributed by atoms with Gasteiger partial charge in [-0.05, 0) is 52.9 Å². The third-order valence-corrected chi connectivity index (χ3v) is 5.33. The Hall–Kier alpha value is -0.540. The second-order valence-corrected chi connectivity index (χ2v) is 6.92. The number of nitrogens with one attached hydrogen (secondary N) is 1. The van der Waals surface area contributed by atoms with Gasteiger partial charge in [-0.3, -0.25) is 0 Å². The third-order valence-electron chi connectivity index (χ3n) is 4.66. The molecule has 0 spiro atoms. The second-order valence-electron chi connectivity index (χ2n) is 6.07. The summed E-state index contributed by atoms with van der Waals surface area (Å²) in [6.07, 6.45) is 2.41. The fraction of sp³-hybridized carbons (Fsp3) is 0.647. The number of anilines is 1. The van der Waals surface area contributed by atoms with Gasteiger partial charge in [0.05, 0.1) is 5.69 Å². The number of hydrogen-bond acceptors (Lipinski definition) is 2. The van der Waals surface area contributed by atoms with Gasteiger partial charge >= 0.3 is 0 Å². The van der Waals surface area contributed by atoms with Crippen molar-refractivity contribution in [3.63, 3.8) is 0 Å². The Morgan fingerprint density at radius 3 is 2.80 bits per heavy atom. The molecule has 112 valence electrons. The Kier molecular flexibility index (Phi) is 5.50. The van der Waals surface area contributed by atoms with Gasteiger partial charge in [0, 0.05) is 29.6 Å². The summed E-state index contributed by atoms with van der Waals surface area (Å²) in [5, 5.41) is 3.75. The van der Waals surface area contributed by atoms with E-state index in [2.05, 4.69) is 72.0 Å². The molecule has 3 unspecified atom stereocenters. The van der Waals surface area contributed by atoms with Crippen molar-refractivity contribution >= 4 is 21.6 Å². The van der Waals surface area contributed by atoms with Gasteiger partial charge in [0.15, 0.2) is 0 Å². The Bertz CT molecular complexity index is 447. The summed E-state index contributed by atoms with van der Waals surface area (Å²) in [7, 11) is 0. The maximum atomic E-state index is 3.75. The van der Waals surface area contributed by atoms with Gasteiger partial charge < -0.3 is 10.2 Å². The van der Waals surface area contributed by atoms with Crippen molar-refractivity contribution < 1.29 is 0 Å². The molecule has 1 aromatic rings. The molecular formula is C17H27BrN2. The smallest absolute Gasteiger partial charge is 0.0516 e. The Labute approximate surface area is 132 Å². The van der Waals surface area contributed by atoms with E-state index in [1.165, 1.54) is 28.6 Å². The van der Waals surface area contributed by atoms with E-state index in [0.717, 1.165) is 19.0 Å². The maximum absolute atomic E-state index is 3.75. The van der Waals surface area contributed by atoms with Crippen LogP contribution in [-0.4, -0.2) is 25.2 Å². The molecule has 2 rings (SSSR count). The molecule has 1 aromatic carbocycles. The monoisotopic (exact) mass is 338 g/mol. The minimum atomic E-state index is 0.591. The van der Waals surface area contributed by atoms with Crippen molar-refractivity contribution in [1.82, 2.24) is 5.32 Å². The summed E-state index contributed by atoms with van der Waals surface area (Å²) in [4.78, 5) is 2.60. The highest BCUT2D eigenvalue weighted by molar-refractivity contribution is 9.10. The quantitative estimate of drug-likeness (QED) is 0.877. The molecule has 0 saturated carbocycles. The standard InChI is InChI=1S/C17H27BrN2/c1-5-13(4)16-11-20(14(6-2)10-19-16)17-9-12(3)7-8-15(17)18/h7-9,13-14,16,19H,5-6,10-11H2,1-4H3. The van der Waals surface area contributed by atoms with E-state index >= 15 is 0 Å². The fourth-order valence-corrected chi connectivity index (χ4v) is 3.47. The predicted molar refractivity (Wildman–Crippen MR) is 91.5 cm³/mol. The maximum Gasteiger partial charge on any atom is 0.0516 e. The lowest BCUT2D eigenvalue weighted by Gasteiger charge is -2.44. The number of nitrogens with zero attached hydrogens (tertiary/aromatic N) is 1. The van der Waals surface area contributed by atoms with E-state index in [1.54, 1.807) is 0 Å². The zero-order valence-electron chi connectivity index (χ0n) is 13.1. The highest BCUT2D eigenvalue weighted by atomic mass is 79.9. The average molecular weight is 339 g/mol. The SMILES string of the molecule is CCC(C)C1CN(c2cc(C)ccc2Br)C(CC)CN1. The number of aryl methyl sites for hydroxylation is 1. The highest BCUT2D eigenvalue weighted by Crippen LogP contribution is 2.31. The lowest BCUT2D eigenvalue weighted by Crippen LogP contribution is -2.58. The lowest BCUT2D eigenvalue weighted by molar-refractivity contribution is 0.306. The van der Waals surface area contributed by atoms with E-state index in [1.807, 2.05) is 0 Å². The highest BCUT2D eigenvalue weighted by Gasteiger charge is 2.30. The van der Waals surface area contributed by atoms with Crippen molar-refractivity contribution in [2.24, 2.45) is 5.92 Å². The molecule has 1 fully saturated rings. The Morgan fingerprint density at radius 1 is 1.40 bits per heavy atom. The van der Waals surface area contributed by atoms with Crippen LogP contribution < -0.4 is 10.2 Å². The minimum Gasteiger partial charge on any atom is -0.365 e. The van der Waals surface area contributed by atoms with E-state index in [9.17, 15) is 0 Å². The van der Waals surface area contributed by atoms with E-state index in [0.29, 0.717) is 12.1 Å². The third kappa shape index (κ3) is 3.37. The summed E-state index contributed by atoms with van der Waals surface area (Å²) in [6, 6.07) is 7.84. The van der Waals surface area contributed by atoms with Crippen LogP contribution in [0.15, 0.2) is 22.7 Å². The summed E-state index contributed by atoms with van der Waals surface area (Å²) in [5.74, 6) is 0.721. The van der Waals surface area contributed by atoms with Gasteiger partial charge in [-0.2, -0.15) is 0 Å². The van der Waals surface area contributed by atoms with Gasteiger partial charge in [-0.25, -0.2) is 0 Å². The molecule has 1 aliphatic rings. The van der Waals surface area contributed by atoms with Crippen molar-refractivity contribution in [2.75, 3.05) is 18.0 Å². The van der Waals surface area contributed by atoms with Gasteiger partial charge in [0.25, 0.3) is 0 Å². The Morgan fingerprint density at radius 2 is 2.15 bits per heavy atom. The molecule has 3 atom stereocenters. The van der Waals surface area contributed by atoms with E-state index in [-0.39, 0.29) is 0 Å². The molecule has 2 nitrogen and oxygen atoms in total. The van der Waals surface area contributed by atoms with Crippen LogP contribution in [0.25, 0.3) is 0 Å². The molecule has 0 amide bonds. The lowest BCUT2D eigenvalue weighted by atomic mass is 9.94. The van der Waals surface area contributed by atoms with Crippen LogP contribution in [0.5, 0.6) is 0 Å². The zero-order chi connectivity index (χ0) is 14.7. The molecule has 20 heavy (non-hydrogen) atoms. The van der Waals surface area contributed by atoms with Crippen LogP contribution in [0, 0.1) is 12.8 Å². The number of halogens is 1. The topological polar surface area (TPSA) is 15.3 Å². The molecule has 0 aromatic heterocycles. The first-order valence-corrected chi connectivity index (χ1v) is 8.62. The first kappa shape index (κ1) is 15.8. The van der Waals surface area contributed by atoms with Crippen LogP contribution in [0.4, 0.5) is 5.69 Å². The molecular weight excluding hydrogens is 312 g/mol. The summed E-state index contributed by atoms with van der Waals surface area (Å²) >= 11 is 3.73. The molecule has 0 aliphatic carbocycles. The number of piperazine rings is 1. The fourth-order valence-electron chi connectivity index (χ4n) is 2.99. The van der Waals surface area contributed by atoms with Crippen LogP contribution >= 0.6 is 15.9 Å². The Balaban J connectivity index is 2.26. The molecule has 1 N–H and O–H groups in total. The molecule has 1 saturated heterocycles. The summed E-state index contributed by atoms with van der Waals surface area (Å²) in [5.41, 5.74) is 2.68. The molecule has 1 aliphatic heterocycles. The van der Waals surface area contributed by atoms with Gasteiger partial charge in [-0.1, -0.05) is 33.3 Å². The first-order valence-electron chi connectivity index (χ1n) is 7.83. The first-order chi connectivity index (χ1) is 9.56. The molecule has 3 heteroatoms. The van der Waals surface area contributed by atoms with Crippen molar-refractivity contribution in [3.05, 3.63) is 28.2 Å². The number of hydrogen-bond donors (Lipinski definition) is 1. The van der Waals surface area contributed by atoms with Crippen LogP contribution in [0.3, 0.4) is 0 Å². The van der Waals surface area contributed by atoms with E-state index in [4.69, 9.17) is 0 Å². The van der Waals surface area contributed by atoms with Crippen LogP contribution in [0.1, 0.15) is 39.2 Å². The number of rotatable bonds is 4.